The van der Waals surface area contributed by atoms with Crippen molar-refractivity contribution in [1.82, 2.24) is 10.2 Å². The summed E-state index contributed by atoms with van der Waals surface area (Å²) in [7, 11) is 2.17. The zero-order valence-electron chi connectivity index (χ0n) is 12.0. The molecule has 1 saturated heterocycles. The molecule has 1 rings (SSSR count). The number of hydrogen-bond acceptors (Lipinski definition) is 4. The topological polar surface area (TPSA) is 48.3 Å². The molecule has 1 N–H and O–H groups in total. The molecule has 0 aromatic rings. The highest BCUT2D eigenvalue weighted by molar-refractivity contribution is 5.03. The molecule has 104 valence electrons. The van der Waals surface area contributed by atoms with Crippen molar-refractivity contribution in [2.24, 2.45) is 0 Å². The predicted octanol–water partition coefficient (Wildman–Crippen LogP) is 1.77. The Morgan fingerprint density at radius 1 is 1.50 bits per heavy atom. The molecule has 1 fully saturated rings. The highest BCUT2D eigenvalue weighted by Gasteiger charge is 2.22. The Kier molecular flexibility index (Phi) is 6.62. The molecular formula is C14H27N3O. The minimum atomic E-state index is -0.357. The molecule has 18 heavy (non-hydrogen) atoms. The fourth-order valence-corrected chi connectivity index (χ4v) is 2.47. The Morgan fingerprint density at radius 3 is 2.83 bits per heavy atom. The van der Waals surface area contributed by atoms with Crippen molar-refractivity contribution in [1.29, 1.82) is 5.26 Å². The fourth-order valence-electron chi connectivity index (χ4n) is 2.47. The lowest BCUT2D eigenvalue weighted by Crippen LogP contribution is -2.40. The molecule has 0 amide bonds. The maximum Gasteiger partial charge on any atom is 0.103 e. The normalized spacial score (nSPS) is 22.9. The van der Waals surface area contributed by atoms with Gasteiger partial charge in [0.2, 0.25) is 0 Å². The van der Waals surface area contributed by atoms with Crippen LogP contribution in [0.2, 0.25) is 0 Å². The number of nitriles is 1. The number of nitrogens with one attached hydrogen (secondary N) is 1. The van der Waals surface area contributed by atoms with E-state index in [4.69, 9.17) is 10.00 Å². The lowest BCUT2D eigenvalue weighted by molar-refractivity contribution is 0.158. The quantitative estimate of drug-likeness (QED) is 0.670. The summed E-state index contributed by atoms with van der Waals surface area (Å²) >= 11 is 0. The van der Waals surface area contributed by atoms with E-state index in [0.717, 1.165) is 52.0 Å². The SMILES string of the molecule is CCNC(C)(C#N)CCCCN(C)C1CCOC1. The maximum absolute atomic E-state index is 9.16. The Balaban J connectivity index is 2.15. The maximum atomic E-state index is 9.16. The highest BCUT2D eigenvalue weighted by Crippen LogP contribution is 2.15. The van der Waals surface area contributed by atoms with Gasteiger partial charge in [-0.05, 0) is 52.7 Å². The molecule has 1 aliphatic rings. The second-order valence-corrected chi connectivity index (χ2v) is 5.43. The lowest BCUT2D eigenvalue weighted by Gasteiger charge is -2.25. The Hall–Kier alpha value is -0.630. The van der Waals surface area contributed by atoms with E-state index in [0.29, 0.717) is 6.04 Å². The smallest absolute Gasteiger partial charge is 0.103 e. The molecule has 2 atom stereocenters. The van der Waals surface area contributed by atoms with Gasteiger partial charge in [-0.25, -0.2) is 0 Å². The molecule has 2 unspecified atom stereocenters. The van der Waals surface area contributed by atoms with E-state index in [1.54, 1.807) is 0 Å². The van der Waals surface area contributed by atoms with Gasteiger partial charge in [-0.15, -0.1) is 0 Å². The summed E-state index contributed by atoms with van der Waals surface area (Å²) in [5.41, 5.74) is -0.357. The Bertz CT molecular complexity index is 271. The van der Waals surface area contributed by atoms with Gasteiger partial charge in [-0.2, -0.15) is 5.26 Å². The predicted molar refractivity (Wildman–Crippen MR) is 73.4 cm³/mol. The van der Waals surface area contributed by atoms with Gasteiger partial charge in [0.15, 0.2) is 0 Å². The van der Waals surface area contributed by atoms with Crippen molar-refractivity contribution in [3.8, 4) is 6.07 Å². The number of unbranched alkanes of at least 4 members (excludes halogenated alkanes) is 1. The van der Waals surface area contributed by atoms with E-state index in [1.807, 2.05) is 13.8 Å². The van der Waals surface area contributed by atoms with Gasteiger partial charge in [0.25, 0.3) is 0 Å². The number of likely N-dealkylation sites (N-methyl/N-ethyl adjacent to an activating group) is 1. The van der Waals surface area contributed by atoms with Gasteiger partial charge in [0, 0.05) is 12.6 Å². The van der Waals surface area contributed by atoms with Gasteiger partial charge in [0.05, 0.1) is 12.7 Å². The third-order valence-corrected chi connectivity index (χ3v) is 3.78. The molecule has 0 saturated carbocycles. The summed E-state index contributed by atoms with van der Waals surface area (Å²) in [4.78, 5) is 2.39. The van der Waals surface area contributed by atoms with Crippen molar-refractivity contribution >= 4 is 0 Å². The van der Waals surface area contributed by atoms with Crippen LogP contribution in [0.5, 0.6) is 0 Å². The van der Waals surface area contributed by atoms with Crippen LogP contribution in [0.15, 0.2) is 0 Å². The standard InChI is InChI=1S/C14H27N3O/c1-4-16-14(2,12-15)8-5-6-9-17(3)13-7-10-18-11-13/h13,16H,4-11H2,1-3H3. The molecule has 0 radical (unpaired) electrons. The zero-order valence-corrected chi connectivity index (χ0v) is 12.0. The van der Waals surface area contributed by atoms with Crippen LogP contribution < -0.4 is 5.32 Å². The van der Waals surface area contributed by atoms with Crippen LogP contribution in [0.4, 0.5) is 0 Å². The minimum Gasteiger partial charge on any atom is -0.380 e. The summed E-state index contributed by atoms with van der Waals surface area (Å²) in [5, 5.41) is 12.4. The molecule has 0 spiro atoms. The number of hydrogen-bond donors (Lipinski definition) is 1. The zero-order chi connectivity index (χ0) is 13.4. The van der Waals surface area contributed by atoms with Gasteiger partial charge < -0.3 is 9.64 Å². The fraction of sp³-hybridized carbons (Fsp3) is 0.929. The number of rotatable bonds is 8. The first-order valence-electron chi connectivity index (χ1n) is 7.05. The summed E-state index contributed by atoms with van der Waals surface area (Å²) in [6.07, 6.45) is 4.32. The third-order valence-electron chi connectivity index (χ3n) is 3.78. The van der Waals surface area contributed by atoms with Gasteiger partial charge in [-0.3, -0.25) is 5.32 Å². The van der Waals surface area contributed by atoms with Crippen molar-refractivity contribution < 1.29 is 4.74 Å². The molecule has 4 nitrogen and oxygen atoms in total. The minimum absolute atomic E-state index is 0.357. The summed E-state index contributed by atoms with van der Waals surface area (Å²) in [6, 6.07) is 2.98. The molecule has 0 bridgehead atoms. The Labute approximate surface area is 111 Å². The van der Waals surface area contributed by atoms with E-state index in [2.05, 4.69) is 23.3 Å². The van der Waals surface area contributed by atoms with Gasteiger partial charge in [0.1, 0.15) is 5.54 Å². The molecule has 0 aliphatic carbocycles. The van der Waals surface area contributed by atoms with Crippen molar-refractivity contribution in [2.75, 3.05) is 33.4 Å². The van der Waals surface area contributed by atoms with Crippen molar-refractivity contribution in [2.45, 2.75) is 51.1 Å². The van der Waals surface area contributed by atoms with E-state index in [-0.39, 0.29) is 5.54 Å². The number of nitrogens with zero attached hydrogens (tertiary/aromatic N) is 2. The van der Waals surface area contributed by atoms with Crippen LogP contribution in [0, 0.1) is 11.3 Å². The summed E-state index contributed by atoms with van der Waals surface area (Å²) in [6.45, 7) is 7.77. The van der Waals surface area contributed by atoms with E-state index in [9.17, 15) is 0 Å². The number of ether oxygens (including phenoxy) is 1. The van der Waals surface area contributed by atoms with Crippen LogP contribution in [0.25, 0.3) is 0 Å². The van der Waals surface area contributed by atoms with Crippen LogP contribution in [-0.4, -0.2) is 49.8 Å². The van der Waals surface area contributed by atoms with Gasteiger partial charge >= 0.3 is 0 Å². The average Bonchev–Trinajstić information content (AvgIpc) is 2.88. The second kappa shape index (κ2) is 7.73. The van der Waals surface area contributed by atoms with Crippen LogP contribution in [-0.2, 0) is 4.74 Å². The van der Waals surface area contributed by atoms with E-state index in [1.165, 1.54) is 0 Å². The Morgan fingerprint density at radius 2 is 2.28 bits per heavy atom. The van der Waals surface area contributed by atoms with E-state index >= 15 is 0 Å². The first-order chi connectivity index (χ1) is 8.61. The summed E-state index contributed by atoms with van der Waals surface area (Å²) < 4.78 is 5.39. The molecule has 1 heterocycles. The third kappa shape index (κ3) is 4.93. The molecule has 0 aromatic carbocycles. The van der Waals surface area contributed by atoms with Crippen molar-refractivity contribution in [3.63, 3.8) is 0 Å². The average molecular weight is 253 g/mol. The molecule has 1 aliphatic heterocycles. The first kappa shape index (κ1) is 15.4. The highest BCUT2D eigenvalue weighted by atomic mass is 16.5. The van der Waals surface area contributed by atoms with Crippen molar-refractivity contribution in [3.05, 3.63) is 0 Å². The van der Waals surface area contributed by atoms with Gasteiger partial charge in [-0.1, -0.05) is 6.92 Å². The monoisotopic (exact) mass is 253 g/mol. The second-order valence-electron chi connectivity index (χ2n) is 5.43. The summed E-state index contributed by atoms with van der Waals surface area (Å²) in [5.74, 6) is 0. The lowest BCUT2D eigenvalue weighted by atomic mass is 9.96. The molecular weight excluding hydrogens is 226 g/mol. The molecule has 4 heteroatoms. The van der Waals surface area contributed by atoms with E-state index < -0.39 is 0 Å². The van der Waals surface area contributed by atoms with Crippen LogP contribution >= 0.6 is 0 Å². The first-order valence-corrected chi connectivity index (χ1v) is 7.05. The largest absolute Gasteiger partial charge is 0.380 e. The molecule has 0 aromatic heterocycles. The van der Waals surface area contributed by atoms with Crippen LogP contribution in [0.3, 0.4) is 0 Å². The van der Waals surface area contributed by atoms with Crippen LogP contribution in [0.1, 0.15) is 39.5 Å².